The Balaban J connectivity index is 1.58. The zero-order chi connectivity index (χ0) is 25.1. The third-order valence-electron chi connectivity index (χ3n) is 7.10. The Morgan fingerprint density at radius 3 is 2.60 bits per heavy atom. The van der Waals surface area contributed by atoms with E-state index in [1.165, 1.54) is 6.07 Å². The van der Waals surface area contributed by atoms with E-state index in [2.05, 4.69) is 42.8 Å². The summed E-state index contributed by atoms with van der Waals surface area (Å²) in [7, 11) is 0. The van der Waals surface area contributed by atoms with Gasteiger partial charge in [0.05, 0.1) is 16.6 Å². The van der Waals surface area contributed by atoms with Crippen LogP contribution in [0.5, 0.6) is 0 Å². The monoisotopic (exact) mass is 478 g/mol. The van der Waals surface area contributed by atoms with Crippen LogP contribution >= 0.6 is 0 Å². The molecule has 7 heteroatoms. The van der Waals surface area contributed by atoms with Crippen molar-refractivity contribution in [3.63, 3.8) is 0 Å². The molecule has 0 saturated carbocycles. The molecule has 35 heavy (non-hydrogen) atoms. The van der Waals surface area contributed by atoms with Gasteiger partial charge in [0.2, 0.25) is 0 Å². The van der Waals surface area contributed by atoms with Gasteiger partial charge < -0.3 is 4.90 Å². The number of carbonyl (C=O) groups excluding carboxylic acids is 1. The highest BCUT2D eigenvalue weighted by molar-refractivity contribution is 5.95. The molecule has 2 atom stereocenters. The minimum absolute atomic E-state index is 0.0960. The summed E-state index contributed by atoms with van der Waals surface area (Å²) in [5.74, 6) is 0.152. The number of nitrogens with zero attached hydrogens (tertiary/aromatic N) is 3. The van der Waals surface area contributed by atoms with Crippen molar-refractivity contribution >= 4 is 16.7 Å². The third kappa shape index (κ3) is 5.30. The van der Waals surface area contributed by atoms with Crippen molar-refractivity contribution in [2.24, 2.45) is 11.8 Å². The molecule has 2 heterocycles. The summed E-state index contributed by atoms with van der Waals surface area (Å²) in [5, 5.41) is 8.09. The topological polar surface area (TPSA) is 69.3 Å². The number of likely N-dealkylation sites (tertiary alicyclic amines) is 1. The molecular formula is C28H35FN4O2. The fourth-order valence-corrected chi connectivity index (χ4v) is 5.32. The third-order valence-corrected chi connectivity index (χ3v) is 7.10. The SMILES string of the molecule is CCC1CN(C(=O)c2cc(Cc3n[nH]c(=O)c4ccccc34)ccc2F)CC1N(CC)CC(C)C. The maximum atomic E-state index is 14.9. The lowest BCUT2D eigenvalue weighted by molar-refractivity contribution is 0.0770. The van der Waals surface area contributed by atoms with E-state index < -0.39 is 5.82 Å². The Kier molecular flexibility index (Phi) is 7.65. The number of hydrogen-bond donors (Lipinski definition) is 1. The Bertz CT molecular complexity index is 1260. The first-order valence-corrected chi connectivity index (χ1v) is 12.6. The quantitative estimate of drug-likeness (QED) is 0.518. The number of aromatic nitrogens is 2. The fraction of sp³-hybridized carbons (Fsp3) is 0.464. The van der Waals surface area contributed by atoms with E-state index >= 15 is 0 Å². The first kappa shape index (κ1) is 25.0. The number of halogens is 1. The van der Waals surface area contributed by atoms with Crippen LogP contribution in [0.15, 0.2) is 47.3 Å². The normalized spacial score (nSPS) is 18.2. The summed E-state index contributed by atoms with van der Waals surface area (Å²) >= 11 is 0. The van der Waals surface area contributed by atoms with Crippen molar-refractivity contribution < 1.29 is 9.18 Å². The van der Waals surface area contributed by atoms with E-state index in [0.29, 0.717) is 48.5 Å². The fourth-order valence-electron chi connectivity index (χ4n) is 5.32. The van der Waals surface area contributed by atoms with Crippen LogP contribution in [-0.2, 0) is 6.42 Å². The molecular weight excluding hydrogens is 443 g/mol. The Hall–Kier alpha value is -3.06. The van der Waals surface area contributed by atoms with E-state index in [0.717, 1.165) is 30.5 Å². The van der Waals surface area contributed by atoms with Crippen molar-refractivity contribution in [2.45, 2.75) is 46.6 Å². The van der Waals surface area contributed by atoms with E-state index in [9.17, 15) is 14.0 Å². The van der Waals surface area contributed by atoms with Crippen molar-refractivity contribution in [1.82, 2.24) is 20.0 Å². The van der Waals surface area contributed by atoms with Crippen LogP contribution in [0.3, 0.4) is 0 Å². The van der Waals surface area contributed by atoms with Crippen molar-refractivity contribution in [1.29, 1.82) is 0 Å². The highest BCUT2D eigenvalue weighted by atomic mass is 19.1. The largest absolute Gasteiger partial charge is 0.337 e. The molecule has 1 N–H and O–H groups in total. The second kappa shape index (κ2) is 10.7. The second-order valence-electron chi connectivity index (χ2n) is 9.96. The van der Waals surface area contributed by atoms with Crippen molar-refractivity contribution in [2.75, 3.05) is 26.2 Å². The second-order valence-corrected chi connectivity index (χ2v) is 9.96. The molecule has 6 nitrogen and oxygen atoms in total. The van der Waals surface area contributed by atoms with Gasteiger partial charge in [-0.1, -0.05) is 58.4 Å². The molecule has 0 bridgehead atoms. The standard InChI is InChI=1S/C28H35FN4O2/c1-5-20-16-33(17-26(20)32(6-2)15-18(3)4)28(35)23-13-19(11-12-24(23)29)14-25-21-9-7-8-10-22(21)27(34)31-30-25/h7-13,18,20,26H,5-6,14-17H2,1-4H3,(H,31,34). The van der Waals surface area contributed by atoms with Crippen LogP contribution in [-0.4, -0.2) is 58.1 Å². The molecule has 0 radical (unpaired) electrons. The average Bonchev–Trinajstić information content (AvgIpc) is 3.29. The van der Waals surface area contributed by atoms with E-state index in [1.807, 2.05) is 23.1 Å². The van der Waals surface area contributed by atoms with Crippen LogP contribution in [0.2, 0.25) is 0 Å². The summed E-state index contributed by atoms with van der Waals surface area (Å²) in [4.78, 5) is 29.9. The lowest BCUT2D eigenvalue weighted by Crippen LogP contribution is -2.43. The van der Waals surface area contributed by atoms with Crippen LogP contribution in [0, 0.1) is 17.7 Å². The molecule has 4 rings (SSSR count). The molecule has 1 aromatic heterocycles. The molecule has 1 saturated heterocycles. The van der Waals surface area contributed by atoms with Gasteiger partial charge in [-0.15, -0.1) is 0 Å². The van der Waals surface area contributed by atoms with E-state index in [4.69, 9.17) is 0 Å². The predicted molar refractivity (Wildman–Crippen MR) is 137 cm³/mol. The van der Waals surface area contributed by atoms with Crippen molar-refractivity contribution in [3.8, 4) is 0 Å². The lowest BCUT2D eigenvalue weighted by Gasteiger charge is -2.32. The summed E-state index contributed by atoms with van der Waals surface area (Å²) in [6.45, 7) is 11.9. The molecule has 186 valence electrons. The zero-order valence-corrected chi connectivity index (χ0v) is 21.1. The number of benzene rings is 2. The molecule has 1 aliphatic heterocycles. The van der Waals surface area contributed by atoms with Gasteiger partial charge in [-0.25, -0.2) is 9.49 Å². The molecule has 0 aliphatic carbocycles. The van der Waals surface area contributed by atoms with Crippen LogP contribution in [0.1, 0.15) is 55.7 Å². The number of hydrogen-bond acceptors (Lipinski definition) is 4. The maximum absolute atomic E-state index is 14.9. The number of nitrogens with one attached hydrogen (secondary N) is 1. The van der Waals surface area contributed by atoms with Gasteiger partial charge in [0.1, 0.15) is 5.82 Å². The molecule has 3 aromatic rings. The molecule has 1 amide bonds. The molecule has 1 fully saturated rings. The molecule has 1 aliphatic rings. The smallest absolute Gasteiger partial charge is 0.272 e. The highest BCUT2D eigenvalue weighted by Crippen LogP contribution is 2.28. The van der Waals surface area contributed by atoms with Gasteiger partial charge in [-0.3, -0.25) is 14.5 Å². The minimum atomic E-state index is -0.510. The maximum Gasteiger partial charge on any atom is 0.272 e. The summed E-state index contributed by atoms with van der Waals surface area (Å²) < 4.78 is 14.9. The van der Waals surface area contributed by atoms with Crippen molar-refractivity contribution in [3.05, 3.63) is 75.5 Å². The van der Waals surface area contributed by atoms with Gasteiger partial charge in [0.15, 0.2) is 0 Å². The number of H-pyrrole nitrogens is 1. The highest BCUT2D eigenvalue weighted by Gasteiger charge is 2.38. The molecule has 2 aromatic carbocycles. The number of likely N-dealkylation sites (N-methyl/N-ethyl adjacent to an activating group) is 1. The van der Waals surface area contributed by atoms with E-state index in [1.54, 1.807) is 18.2 Å². The van der Waals surface area contributed by atoms with Gasteiger partial charge in [-0.05, 0) is 42.1 Å². The van der Waals surface area contributed by atoms with Gasteiger partial charge in [0, 0.05) is 37.5 Å². The van der Waals surface area contributed by atoms with Crippen LogP contribution in [0.4, 0.5) is 4.39 Å². The number of carbonyl (C=O) groups is 1. The molecule has 2 unspecified atom stereocenters. The lowest BCUT2D eigenvalue weighted by atomic mass is 9.98. The first-order valence-electron chi connectivity index (χ1n) is 12.6. The van der Waals surface area contributed by atoms with Gasteiger partial charge >= 0.3 is 0 Å². The summed E-state index contributed by atoms with van der Waals surface area (Å²) in [5.41, 5.74) is 1.31. The number of aromatic amines is 1. The number of fused-ring (bicyclic) bond motifs is 1. The Morgan fingerprint density at radius 2 is 1.91 bits per heavy atom. The predicted octanol–water partition coefficient (Wildman–Crippen LogP) is 4.48. The zero-order valence-electron chi connectivity index (χ0n) is 21.1. The van der Waals surface area contributed by atoms with Gasteiger partial charge in [0.25, 0.3) is 11.5 Å². The number of amides is 1. The van der Waals surface area contributed by atoms with Crippen LogP contribution in [0.25, 0.3) is 10.8 Å². The minimum Gasteiger partial charge on any atom is -0.337 e. The summed E-state index contributed by atoms with van der Waals surface area (Å²) in [6, 6.07) is 12.2. The summed E-state index contributed by atoms with van der Waals surface area (Å²) in [6.07, 6.45) is 1.37. The first-order chi connectivity index (χ1) is 16.8. The Labute approximate surface area is 206 Å². The van der Waals surface area contributed by atoms with Gasteiger partial charge in [-0.2, -0.15) is 5.10 Å². The average molecular weight is 479 g/mol. The van der Waals surface area contributed by atoms with E-state index in [-0.39, 0.29) is 17.0 Å². The van der Waals surface area contributed by atoms with Crippen LogP contribution < -0.4 is 5.56 Å². The Morgan fingerprint density at radius 1 is 1.17 bits per heavy atom. The molecule has 0 spiro atoms. The number of rotatable bonds is 8.